The molecule has 0 aliphatic heterocycles. The van der Waals surface area contributed by atoms with Gasteiger partial charge in [0.15, 0.2) is 5.16 Å². The van der Waals surface area contributed by atoms with Crippen molar-refractivity contribution in [3.05, 3.63) is 23.3 Å². The Labute approximate surface area is 104 Å². The van der Waals surface area contributed by atoms with E-state index in [1.165, 1.54) is 22.9 Å². The SMILES string of the molecule is Cc1cc2nc(SCC(=O)O)n(C)c2cc1C. The summed E-state index contributed by atoms with van der Waals surface area (Å²) in [5.41, 5.74) is 4.38. The molecule has 1 N–H and O–H groups in total. The van der Waals surface area contributed by atoms with Gasteiger partial charge in [-0.1, -0.05) is 11.8 Å². The maximum absolute atomic E-state index is 10.5. The minimum absolute atomic E-state index is 0.0368. The Morgan fingerprint density at radius 2 is 2.06 bits per heavy atom. The molecule has 0 saturated heterocycles. The third-order valence-corrected chi connectivity index (χ3v) is 3.79. The number of hydrogen-bond donors (Lipinski definition) is 1. The zero-order valence-electron chi connectivity index (χ0n) is 10.0. The molecule has 0 aliphatic carbocycles. The van der Waals surface area contributed by atoms with Gasteiger partial charge in [-0.3, -0.25) is 4.79 Å². The van der Waals surface area contributed by atoms with Crippen molar-refractivity contribution in [1.29, 1.82) is 0 Å². The molecule has 5 heteroatoms. The average Bonchev–Trinajstić information content (AvgIpc) is 2.54. The van der Waals surface area contributed by atoms with Crippen LogP contribution in [0.4, 0.5) is 0 Å². The maximum Gasteiger partial charge on any atom is 0.313 e. The number of aromatic nitrogens is 2. The highest BCUT2D eigenvalue weighted by Crippen LogP contribution is 2.24. The van der Waals surface area contributed by atoms with E-state index in [1.807, 2.05) is 24.6 Å². The van der Waals surface area contributed by atoms with Crippen LogP contribution < -0.4 is 0 Å². The minimum atomic E-state index is -0.825. The van der Waals surface area contributed by atoms with E-state index in [1.54, 1.807) is 0 Å². The quantitative estimate of drug-likeness (QED) is 0.850. The fourth-order valence-electron chi connectivity index (χ4n) is 1.68. The van der Waals surface area contributed by atoms with Gasteiger partial charge in [0, 0.05) is 7.05 Å². The molecule has 4 nitrogen and oxygen atoms in total. The van der Waals surface area contributed by atoms with Crippen molar-refractivity contribution in [3.63, 3.8) is 0 Å². The van der Waals surface area contributed by atoms with Crippen LogP contribution in [0, 0.1) is 13.8 Å². The molecule has 0 spiro atoms. The van der Waals surface area contributed by atoms with Crippen molar-refractivity contribution in [3.8, 4) is 0 Å². The van der Waals surface area contributed by atoms with E-state index in [9.17, 15) is 4.79 Å². The molecule has 90 valence electrons. The highest BCUT2D eigenvalue weighted by atomic mass is 32.2. The largest absolute Gasteiger partial charge is 0.481 e. The summed E-state index contributed by atoms with van der Waals surface area (Å²) in [7, 11) is 1.91. The molecule has 0 aliphatic rings. The molecule has 0 saturated carbocycles. The lowest BCUT2D eigenvalue weighted by Crippen LogP contribution is -2.00. The number of carboxylic acids is 1. The molecular weight excluding hydrogens is 236 g/mol. The summed E-state index contributed by atoms with van der Waals surface area (Å²) >= 11 is 1.24. The fourth-order valence-corrected chi connectivity index (χ4v) is 2.39. The highest BCUT2D eigenvalue weighted by molar-refractivity contribution is 7.99. The standard InChI is InChI=1S/C12H14N2O2S/c1-7-4-9-10(5-8(7)2)14(3)12(13-9)17-6-11(15)16/h4-5H,6H2,1-3H3,(H,15,16). The van der Waals surface area contributed by atoms with Gasteiger partial charge < -0.3 is 9.67 Å². The van der Waals surface area contributed by atoms with Crippen LogP contribution in [-0.2, 0) is 11.8 Å². The molecule has 0 radical (unpaired) electrons. The second kappa shape index (κ2) is 4.41. The van der Waals surface area contributed by atoms with Crippen LogP contribution in [0.15, 0.2) is 17.3 Å². The van der Waals surface area contributed by atoms with Crippen LogP contribution in [0.5, 0.6) is 0 Å². The van der Waals surface area contributed by atoms with Gasteiger partial charge in [-0.25, -0.2) is 4.98 Å². The van der Waals surface area contributed by atoms with Gasteiger partial charge in [0.2, 0.25) is 0 Å². The molecule has 1 aromatic carbocycles. The summed E-state index contributed by atoms with van der Waals surface area (Å²) < 4.78 is 1.94. The predicted octanol–water partition coefficient (Wildman–Crippen LogP) is 2.37. The van der Waals surface area contributed by atoms with Crippen LogP contribution in [-0.4, -0.2) is 26.4 Å². The first kappa shape index (κ1) is 12.0. The smallest absolute Gasteiger partial charge is 0.313 e. The zero-order chi connectivity index (χ0) is 12.6. The number of carbonyl (C=O) groups is 1. The highest BCUT2D eigenvalue weighted by Gasteiger charge is 2.10. The fraction of sp³-hybridized carbons (Fsp3) is 0.333. The topological polar surface area (TPSA) is 55.1 Å². The lowest BCUT2D eigenvalue weighted by Gasteiger charge is -2.01. The molecule has 1 aromatic heterocycles. The predicted molar refractivity (Wildman–Crippen MR) is 68.5 cm³/mol. The maximum atomic E-state index is 10.5. The lowest BCUT2D eigenvalue weighted by molar-refractivity contribution is -0.133. The van der Waals surface area contributed by atoms with E-state index in [0.717, 1.165) is 16.2 Å². The summed E-state index contributed by atoms with van der Waals surface area (Å²) in [6, 6.07) is 4.12. The summed E-state index contributed by atoms with van der Waals surface area (Å²) in [4.78, 5) is 15.0. The van der Waals surface area contributed by atoms with Crippen LogP contribution in [0.1, 0.15) is 11.1 Å². The molecule has 0 amide bonds. The van der Waals surface area contributed by atoms with Crippen LogP contribution >= 0.6 is 11.8 Å². The molecule has 17 heavy (non-hydrogen) atoms. The number of aliphatic carboxylic acids is 1. The molecular formula is C12H14N2O2S. The third kappa shape index (κ3) is 2.29. The van der Waals surface area contributed by atoms with E-state index in [-0.39, 0.29) is 5.75 Å². The summed E-state index contributed by atoms with van der Waals surface area (Å²) in [5, 5.41) is 9.41. The normalized spacial score (nSPS) is 11.0. The number of benzene rings is 1. The van der Waals surface area contributed by atoms with Crippen LogP contribution in [0.2, 0.25) is 0 Å². The van der Waals surface area contributed by atoms with Gasteiger partial charge in [0.25, 0.3) is 0 Å². The number of nitrogens with zero attached hydrogens (tertiary/aromatic N) is 2. The Morgan fingerprint density at radius 1 is 1.41 bits per heavy atom. The Morgan fingerprint density at radius 3 is 2.71 bits per heavy atom. The lowest BCUT2D eigenvalue weighted by atomic mass is 10.1. The van der Waals surface area contributed by atoms with Crippen molar-refractivity contribution in [1.82, 2.24) is 9.55 Å². The third-order valence-electron chi connectivity index (χ3n) is 2.78. The number of thioether (sulfide) groups is 1. The Bertz CT molecular complexity index is 590. The Balaban J connectivity index is 2.45. The van der Waals surface area contributed by atoms with Gasteiger partial charge in [-0.15, -0.1) is 0 Å². The number of carboxylic acid groups (broad SMARTS) is 1. The molecule has 0 unspecified atom stereocenters. The number of fused-ring (bicyclic) bond motifs is 1. The van der Waals surface area contributed by atoms with E-state index in [4.69, 9.17) is 5.11 Å². The minimum Gasteiger partial charge on any atom is -0.481 e. The Kier molecular flexibility index (Phi) is 3.11. The van der Waals surface area contributed by atoms with E-state index >= 15 is 0 Å². The Hall–Kier alpha value is -1.49. The first-order valence-electron chi connectivity index (χ1n) is 5.27. The molecule has 0 bridgehead atoms. The van der Waals surface area contributed by atoms with E-state index < -0.39 is 5.97 Å². The number of hydrogen-bond acceptors (Lipinski definition) is 3. The summed E-state index contributed by atoms with van der Waals surface area (Å²) in [5.74, 6) is -0.788. The molecule has 2 aromatic rings. The van der Waals surface area contributed by atoms with Crippen LogP contribution in [0.3, 0.4) is 0 Å². The van der Waals surface area contributed by atoms with Crippen molar-refractivity contribution in [2.24, 2.45) is 7.05 Å². The number of rotatable bonds is 3. The molecule has 0 fully saturated rings. The molecule has 1 heterocycles. The number of aryl methyl sites for hydroxylation is 3. The molecule has 0 atom stereocenters. The van der Waals surface area contributed by atoms with Crippen molar-refractivity contribution in [2.75, 3.05) is 5.75 Å². The average molecular weight is 250 g/mol. The van der Waals surface area contributed by atoms with Crippen LogP contribution in [0.25, 0.3) is 11.0 Å². The van der Waals surface area contributed by atoms with Gasteiger partial charge in [0.05, 0.1) is 16.8 Å². The van der Waals surface area contributed by atoms with Crippen molar-refractivity contribution >= 4 is 28.8 Å². The van der Waals surface area contributed by atoms with Crippen molar-refractivity contribution < 1.29 is 9.90 Å². The number of imidazole rings is 1. The van der Waals surface area contributed by atoms with Gasteiger partial charge in [0.1, 0.15) is 0 Å². The first-order valence-corrected chi connectivity index (χ1v) is 6.26. The van der Waals surface area contributed by atoms with Gasteiger partial charge >= 0.3 is 5.97 Å². The second-order valence-electron chi connectivity index (χ2n) is 4.06. The zero-order valence-corrected chi connectivity index (χ0v) is 10.8. The van der Waals surface area contributed by atoms with E-state index in [2.05, 4.69) is 18.0 Å². The van der Waals surface area contributed by atoms with E-state index in [0.29, 0.717) is 0 Å². The van der Waals surface area contributed by atoms with Gasteiger partial charge in [-0.05, 0) is 37.1 Å². The molecule has 2 rings (SSSR count). The second-order valence-corrected chi connectivity index (χ2v) is 5.00. The first-order chi connectivity index (χ1) is 7.99. The summed E-state index contributed by atoms with van der Waals surface area (Å²) in [6.07, 6.45) is 0. The van der Waals surface area contributed by atoms with Gasteiger partial charge in [-0.2, -0.15) is 0 Å². The monoisotopic (exact) mass is 250 g/mol. The summed E-state index contributed by atoms with van der Waals surface area (Å²) in [6.45, 7) is 4.11. The van der Waals surface area contributed by atoms with Crippen molar-refractivity contribution in [2.45, 2.75) is 19.0 Å².